The van der Waals surface area contributed by atoms with Crippen LogP contribution in [0.2, 0.25) is 0 Å². The molecule has 0 bridgehead atoms. The molecule has 0 radical (unpaired) electrons. The fourth-order valence-corrected chi connectivity index (χ4v) is 3.85. The van der Waals surface area contributed by atoms with Crippen LogP contribution in [0.5, 0.6) is 0 Å². The van der Waals surface area contributed by atoms with Gasteiger partial charge in [-0.3, -0.25) is 4.79 Å². The fourth-order valence-electron chi connectivity index (χ4n) is 3.16. The van der Waals surface area contributed by atoms with Crippen LogP contribution in [0.25, 0.3) is 11.1 Å². The first kappa shape index (κ1) is 17.6. The predicted octanol–water partition coefficient (Wildman–Crippen LogP) is 1.96. The number of rotatable bonds is 4. The van der Waals surface area contributed by atoms with Gasteiger partial charge in [-0.1, -0.05) is 48.5 Å². The van der Waals surface area contributed by atoms with Crippen molar-refractivity contribution in [2.24, 2.45) is 5.73 Å². The minimum Gasteiger partial charge on any atom is -0.333 e. The number of amides is 1. The molecule has 5 nitrogen and oxygen atoms in total. The highest BCUT2D eigenvalue weighted by Crippen LogP contribution is 2.32. The number of hydrogen-bond acceptors (Lipinski definition) is 4. The number of nitrogens with two attached hydrogens (primary N) is 1. The summed E-state index contributed by atoms with van der Waals surface area (Å²) < 4.78 is 22.7. The highest BCUT2D eigenvalue weighted by Gasteiger charge is 2.26. The van der Waals surface area contributed by atoms with Gasteiger partial charge in [0.15, 0.2) is 0 Å². The summed E-state index contributed by atoms with van der Waals surface area (Å²) in [5, 5.41) is 0. The molecular formula is C19H22N2O3S. The highest BCUT2D eigenvalue weighted by molar-refractivity contribution is 7.90. The van der Waals surface area contributed by atoms with E-state index in [0.29, 0.717) is 13.1 Å². The van der Waals surface area contributed by atoms with E-state index >= 15 is 0 Å². The maximum absolute atomic E-state index is 12.8. The van der Waals surface area contributed by atoms with E-state index in [0.717, 1.165) is 28.5 Å². The molecule has 2 aromatic rings. The van der Waals surface area contributed by atoms with Crippen molar-refractivity contribution in [3.8, 4) is 11.1 Å². The molecule has 0 spiro atoms. The van der Waals surface area contributed by atoms with Crippen molar-refractivity contribution in [2.75, 3.05) is 12.0 Å². The van der Waals surface area contributed by atoms with Crippen molar-refractivity contribution >= 4 is 15.7 Å². The summed E-state index contributed by atoms with van der Waals surface area (Å²) in [5.74, 6) is -0.295. The Morgan fingerprint density at radius 3 is 2.00 bits per heavy atom. The van der Waals surface area contributed by atoms with Crippen LogP contribution in [0.4, 0.5) is 0 Å². The summed E-state index contributed by atoms with van der Waals surface area (Å²) in [6.07, 6.45) is 1.29. The number of nitrogens with zero attached hydrogens (tertiary/aromatic N) is 1. The second-order valence-corrected chi connectivity index (χ2v) is 8.79. The second-order valence-electron chi connectivity index (χ2n) is 6.53. The number of sulfone groups is 1. The van der Waals surface area contributed by atoms with Gasteiger partial charge in [-0.05, 0) is 28.7 Å². The van der Waals surface area contributed by atoms with Crippen LogP contribution >= 0.6 is 0 Å². The quantitative estimate of drug-likeness (QED) is 0.906. The van der Waals surface area contributed by atoms with E-state index in [4.69, 9.17) is 5.73 Å². The van der Waals surface area contributed by atoms with E-state index in [1.165, 1.54) is 0 Å². The summed E-state index contributed by atoms with van der Waals surface area (Å²) in [7, 11) is -3.14. The van der Waals surface area contributed by atoms with Gasteiger partial charge in [-0.2, -0.15) is 0 Å². The molecular weight excluding hydrogens is 336 g/mol. The van der Waals surface area contributed by atoms with Crippen molar-refractivity contribution in [2.45, 2.75) is 25.6 Å². The third-order valence-electron chi connectivity index (χ3n) is 4.48. The van der Waals surface area contributed by atoms with Crippen molar-refractivity contribution in [1.29, 1.82) is 0 Å². The first-order valence-corrected chi connectivity index (χ1v) is 10.3. The molecule has 2 N–H and O–H groups in total. The van der Waals surface area contributed by atoms with Gasteiger partial charge < -0.3 is 10.6 Å². The lowest BCUT2D eigenvalue weighted by Gasteiger charge is -2.24. The molecule has 0 aliphatic carbocycles. The SMILES string of the molecule is CS(=O)(=O)CCC(N)C(=O)N1Cc2ccccc2-c2ccccc2C1. The highest BCUT2D eigenvalue weighted by atomic mass is 32.2. The van der Waals surface area contributed by atoms with E-state index < -0.39 is 15.9 Å². The lowest BCUT2D eigenvalue weighted by Crippen LogP contribution is -2.43. The van der Waals surface area contributed by atoms with E-state index in [1.807, 2.05) is 36.4 Å². The molecule has 132 valence electrons. The predicted molar refractivity (Wildman–Crippen MR) is 98.4 cm³/mol. The molecule has 1 amide bonds. The fraction of sp³-hybridized carbons (Fsp3) is 0.316. The Morgan fingerprint density at radius 1 is 1.04 bits per heavy atom. The maximum atomic E-state index is 12.8. The van der Waals surface area contributed by atoms with E-state index in [-0.39, 0.29) is 18.1 Å². The van der Waals surface area contributed by atoms with Crippen LogP contribution in [0.3, 0.4) is 0 Å². The van der Waals surface area contributed by atoms with Gasteiger partial charge in [-0.25, -0.2) is 8.42 Å². The molecule has 1 unspecified atom stereocenters. The van der Waals surface area contributed by atoms with Gasteiger partial charge in [0.2, 0.25) is 5.91 Å². The summed E-state index contributed by atoms with van der Waals surface area (Å²) >= 11 is 0. The van der Waals surface area contributed by atoms with Gasteiger partial charge in [-0.15, -0.1) is 0 Å². The van der Waals surface area contributed by atoms with Crippen LogP contribution in [-0.2, 0) is 27.7 Å². The zero-order valence-corrected chi connectivity index (χ0v) is 15.0. The zero-order valence-electron chi connectivity index (χ0n) is 14.2. The van der Waals surface area contributed by atoms with Gasteiger partial charge in [0.1, 0.15) is 9.84 Å². The smallest absolute Gasteiger partial charge is 0.240 e. The minimum absolute atomic E-state index is 0.0824. The first-order chi connectivity index (χ1) is 11.8. The number of carbonyl (C=O) groups excluding carboxylic acids is 1. The van der Waals surface area contributed by atoms with Crippen molar-refractivity contribution in [3.05, 3.63) is 59.7 Å². The molecule has 3 rings (SSSR count). The maximum Gasteiger partial charge on any atom is 0.240 e. The third-order valence-corrected chi connectivity index (χ3v) is 5.45. The third kappa shape index (κ3) is 4.08. The van der Waals surface area contributed by atoms with Crippen LogP contribution < -0.4 is 5.73 Å². The van der Waals surface area contributed by atoms with Crippen LogP contribution in [0.1, 0.15) is 17.5 Å². The molecule has 25 heavy (non-hydrogen) atoms. The number of benzene rings is 2. The molecule has 0 fully saturated rings. The largest absolute Gasteiger partial charge is 0.333 e. The molecule has 1 heterocycles. The molecule has 0 saturated carbocycles. The van der Waals surface area contributed by atoms with Gasteiger partial charge >= 0.3 is 0 Å². The second kappa shape index (κ2) is 6.98. The summed E-state index contributed by atoms with van der Waals surface area (Å²) in [4.78, 5) is 14.5. The van der Waals surface area contributed by atoms with E-state index in [2.05, 4.69) is 12.1 Å². The van der Waals surface area contributed by atoms with Crippen LogP contribution in [0.15, 0.2) is 48.5 Å². The monoisotopic (exact) mass is 358 g/mol. The topological polar surface area (TPSA) is 80.5 Å². The Hall–Kier alpha value is -2.18. The molecule has 0 saturated heterocycles. The normalized spacial score (nSPS) is 15.0. The summed E-state index contributed by atoms with van der Waals surface area (Å²) in [6.45, 7) is 0.937. The van der Waals surface area contributed by atoms with E-state index in [1.54, 1.807) is 4.90 Å². The number of hydrogen-bond donors (Lipinski definition) is 1. The molecule has 1 aliphatic heterocycles. The van der Waals surface area contributed by atoms with Crippen molar-refractivity contribution in [3.63, 3.8) is 0 Å². The molecule has 2 aromatic carbocycles. The number of carbonyl (C=O) groups is 1. The average molecular weight is 358 g/mol. The van der Waals surface area contributed by atoms with Gasteiger partial charge in [0.05, 0.1) is 11.8 Å². The Kier molecular flexibility index (Phi) is 4.92. The molecule has 0 aromatic heterocycles. The summed E-state index contributed by atoms with van der Waals surface area (Å²) in [6, 6.07) is 15.2. The van der Waals surface area contributed by atoms with E-state index in [9.17, 15) is 13.2 Å². The first-order valence-electron chi connectivity index (χ1n) is 8.23. The number of fused-ring (bicyclic) bond motifs is 3. The van der Waals surface area contributed by atoms with Crippen LogP contribution in [-0.4, -0.2) is 37.3 Å². The Bertz CT molecular complexity index is 846. The Balaban J connectivity index is 1.88. The lowest BCUT2D eigenvalue weighted by atomic mass is 9.97. The average Bonchev–Trinajstić information content (AvgIpc) is 2.75. The molecule has 1 aliphatic rings. The van der Waals surface area contributed by atoms with Crippen molar-refractivity contribution < 1.29 is 13.2 Å². The summed E-state index contributed by atoms with van der Waals surface area (Å²) in [5.41, 5.74) is 10.4. The minimum atomic E-state index is -3.14. The molecule has 1 atom stereocenters. The Labute approximate surface area is 148 Å². The standard InChI is InChI=1S/C19H22N2O3S/c1-25(23,24)11-10-18(20)19(22)21-12-14-6-2-4-8-16(14)17-9-5-3-7-15(17)13-21/h2-9,18H,10-13,20H2,1H3. The van der Waals surface area contributed by atoms with Crippen molar-refractivity contribution in [1.82, 2.24) is 4.90 Å². The zero-order chi connectivity index (χ0) is 18.0. The van der Waals surface area contributed by atoms with Gasteiger partial charge in [0, 0.05) is 19.3 Å². The Morgan fingerprint density at radius 2 is 1.52 bits per heavy atom. The van der Waals surface area contributed by atoms with Gasteiger partial charge in [0.25, 0.3) is 0 Å². The lowest BCUT2D eigenvalue weighted by molar-refractivity contribution is -0.133. The molecule has 6 heteroatoms. The van der Waals surface area contributed by atoms with Crippen LogP contribution in [0, 0.1) is 0 Å².